The van der Waals surface area contributed by atoms with Gasteiger partial charge in [-0.15, -0.1) is 0 Å². The van der Waals surface area contributed by atoms with Crippen LogP contribution in [-0.2, 0) is 4.79 Å². The number of amides is 1. The van der Waals surface area contributed by atoms with Gasteiger partial charge in [-0.3, -0.25) is 4.79 Å². The maximum atomic E-state index is 12.1. The average molecular weight is 248 g/mol. The molecule has 100 valence electrons. The Labute approximate surface area is 110 Å². The van der Waals surface area contributed by atoms with E-state index < -0.39 is 0 Å². The summed E-state index contributed by atoms with van der Waals surface area (Å²) in [6, 6.07) is 10.2. The largest absolute Gasteiger partial charge is 0.349 e. The average Bonchev–Trinajstić information content (AvgIpc) is 2.36. The molecule has 0 fully saturated rings. The second kappa shape index (κ2) is 7.17. The first-order valence-electron chi connectivity index (χ1n) is 6.61. The smallest absolute Gasteiger partial charge is 0.223 e. The van der Waals surface area contributed by atoms with Gasteiger partial charge in [0.05, 0.1) is 6.04 Å². The highest BCUT2D eigenvalue weighted by molar-refractivity contribution is 5.78. The molecular formula is C15H24N2O. The topological polar surface area (TPSA) is 55.1 Å². The van der Waals surface area contributed by atoms with Crippen LogP contribution in [0, 0.1) is 11.8 Å². The number of carbonyl (C=O) groups excluding carboxylic acids is 1. The zero-order chi connectivity index (χ0) is 13.5. The molecule has 0 saturated carbocycles. The first-order chi connectivity index (χ1) is 8.56. The fourth-order valence-corrected chi connectivity index (χ4v) is 1.97. The van der Waals surface area contributed by atoms with Crippen molar-refractivity contribution in [3.05, 3.63) is 35.9 Å². The van der Waals surface area contributed by atoms with Crippen molar-refractivity contribution in [1.29, 1.82) is 0 Å². The van der Waals surface area contributed by atoms with Gasteiger partial charge in [-0.05, 0) is 24.4 Å². The Morgan fingerprint density at radius 3 is 2.33 bits per heavy atom. The molecule has 0 aliphatic carbocycles. The standard InChI is InChI=1S/C15H24N2O/c1-11(2)14(13-7-5-4-6-8-13)17-15(18)12(3)9-10-16/h4-8,11-12,14H,9-10,16H2,1-3H3,(H,17,18). The second-order valence-corrected chi connectivity index (χ2v) is 5.12. The molecule has 0 heterocycles. The minimum atomic E-state index is -0.0278. The van der Waals surface area contributed by atoms with E-state index in [-0.39, 0.29) is 17.9 Å². The van der Waals surface area contributed by atoms with E-state index in [4.69, 9.17) is 5.73 Å². The van der Waals surface area contributed by atoms with E-state index in [0.29, 0.717) is 12.5 Å². The number of rotatable bonds is 6. The van der Waals surface area contributed by atoms with Gasteiger partial charge in [-0.1, -0.05) is 51.1 Å². The van der Waals surface area contributed by atoms with Crippen LogP contribution in [0.5, 0.6) is 0 Å². The van der Waals surface area contributed by atoms with Crippen LogP contribution in [-0.4, -0.2) is 12.5 Å². The monoisotopic (exact) mass is 248 g/mol. The Balaban J connectivity index is 2.73. The van der Waals surface area contributed by atoms with Gasteiger partial charge in [0.15, 0.2) is 0 Å². The maximum absolute atomic E-state index is 12.1. The van der Waals surface area contributed by atoms with Crippen molar-refractivity contribution in [2.75, 3.05) is 6.54 Å². The Kier molecular flexibility index (Phi) is 5.86. The summed E-state index contributed by atoms with van der Waals surface area (Å²) in [5.74, 6) is 0.421. The molecule has 0 aromatic heterocycles. The third-order valence-corrected chi connectivity index (χ3v) is 3.17. The number of hydrogen-bond acceptors (Lipinski definition) is 2. The van der Waals surface area contributed by atoms with Crippen LogP contribution in [0.25, 0.3) is 0 Å². The fourth-order valence-electron chi connectivity index (χ4n) is 1.97. The molecule has 1 amide bonds. The van der Waals surface area contributed by atoms with Crippen molar-refractivity contribution in [2.24, 2.45) is 17.6 Å². The lowest BCUT2D eigenvalue weighted by atomic mass is 9.95. The second-order valence-electron chi connectivity index (χ2n) is 5.12. The normalized spacial score (nSPS) is 14.3. The number of carbonyl (C=O) groups is 1. The van der Waals surface area contributed by atoms with Gasteiger partial charge < -0.3 is 11.1 Å². The van der Waals surface area contributed by atoms with E-state index in [1.807, 2.05) is 25.1 Å². The zero-order valence-electron chi connectivity index (χ0n) is 11.5. The predicted octanol–water partition coefficient (Wildman–Crippen LogP) is 2.48. The number of nitrogens with two attached hydrogens (primary N) is 1. The van der Waals surface area contributed by atoms with Crippen molar-refractivity contribution in [3.63, 3.8) is 0 Å². The first kappa shape index (κ1) is 14.7. The molecule has 2 atom stereocenters. The zero-order valence-corrected chi connectivity index (χ0v) is 11.5. The highest BCUT2D eigenvalue weighted by Gasteiger charge is 2.20. The lowest BCUT2D eigenvalue weighted by Gasteiger charge is -2.24. The van der Waals surface area contributed by atoms with Gasteiger partial charge in [0.1, 0.15) is 0 Å². The SMILES string of the molecule is CC(CCN)C(=O)NC(c1ccccc1)C(C)C. The Morgan fingerprint density at radius 2 is 1.83 bits per heavy atom. The predicted molar refractivity (Wildman–Crippen MR) is 75.0 cm³/mol. The van der Waals surface area contributed by atoms with Crippen LogP contribution >= 0.6 is 0 Å². The molecule has 0 radical (unpaired) electrons. The minimum absolute atomic E-state index is 0.0278. The summed E-state index contributed by atoms with van der Waals surface area (Å²) < 4.78 is 0. The van der Waals surface area contributed by atoms with Crippen molar-refractivity contribution in [2.45, 2.75) is 33.2 Å². The van der Waals surface area contributed by atoms with E-state index in [9.17, 15) is 4.79 Å². The molecule has 0 aliphatic heterocycles. The van der Waals surface area contributed by atoms with Crippen LogP contribution in [0.1, 0.15) is 38.8 Å². The highest BCUT2D eigenvalue weighted by atomic mass is 16.1. The molecule has 0 bridgehead atoms. The summed E-state index contributed by atoms with van der Waals surface area (Å²) in [5, 5.41) is 3.12. The number of hydrogen-bond donors (Lipinski definition) is 2. The van der Waals surface area contributed by atoms with Crippen LogP contribution in [0.15, 0.2) is 30.3 Å². The molecule has 0 spiro atoms. The quantitative estimate of drug-likeness (QED) is 0.812. The van der Waals surface area contributed by atoms with Gasteiger partial charge in [-0.25, -0.2) is 0 Å². The lowest BCUT2D eigenvalue weighted by Crippen LogP contribution is -2.36. The molecule has 3 N–H and O–H groups in total. The molecule has 0 saturated heterocycles. The van der Waals surface area contributed by atoms with E-state index >= 15 is 0 Å². The van der Waals surface area contributed by atoms with E-state index in [2.05, 4.69) is 31.3 Å². The van der Waals surface area contributed by atoms with Crippen LogP contribution in [0.3, 0.4) is 0 Å². The molecule has 3 nitrogen and oxygen atoms in total. The van der Waals surface area contributed by atoms with Crippen molar-refractivity contribution >= 4 is 5.91 Å². The number of benzene rings is 1. The summed E-state index contributed by atoms with van der Waals surface area (Å²) >= 11 is 0. The summed E-state index contributed by atoms with van der Waals surface area (Å²) in [6.07, 6.45) is 0.728. The molecule has 1 rings (SSSR count). The summed E-state index contributed by atoms with van der Waals surface area (Å²) in [4.78, 5) is 12.1. The fraction of sp³-hybridized carbons (Fsp3) is 0.533. The highest BCUT2D eigenvalue weighted by Crippen LogP contribution is 2.22. The third kappa shape index (κ3) is 4.15. The van der Waals surface area contributed by atoms with Gasteiger partial charge in [0.25, 0.3) is 0 Å². The van der Waals surface area contributed by atoms with Crippen LogP contribution < -0.4 is 11.1 Å². The molecule has 3 heteroatoms. The Hall–Kier alpha value is -1.35. The van der Waals surface area contributed by atoms with E-state index in [0.717, 1.165) is 12.0 Å². The van der Waals surface area contributed by atoms with Crippen LogP contribution in [0.2, 0.25) is 0 Å². The molecule has 18 heavy (non-hydrogen) atoms. The molecule has 0 aliphatic rings. The van der Waals surface area contributed by atoms with E-state index in [1.54, 1.807) is 0 Å². The van der Waals surface area contributed by atoms with Crippen molar-refractivity contribution in [1.82, 2.24) is 5.32 Å². The summed E-state index contributed by atoms with van der Waals surface area (Å²) in [5.41, 5.74) is 6.64. The van der Waals surface area contributed by atoms with Crippen LogP contribution in [0.4, 0.5) is 0 Å². The van der Waals surface area contributed by atoms with Gasteiger partial charge in [-0.2, -0.15) is 0 Å². The maximum Gasteiger partial charge on any atom is 0.223 e. The van der Waals surface area contributed by atoms with Crippen molar-refractivity contribution < 1.29 is 4.79 Å². The molecule has 1 aromatic carbocycles. The summed E-state index contributed by atoms with van der Waals surface area (Å²) in [6.45, 7) is 6.70. The van der Waals surface area contributed by atoms with Gasteiger partial charge in [0.2, 0.25) is 5.91 Å². The lowest BCUT2D eigenvalue weighted by molar-refractivity contribution is -0.125. The Morgan fingerprint density at radius 1 is 1.22 bits per heavy atom. The third-order valence-electron chi connectivity index (χ3n) is 3.17. The number of nitrogens with one attached hydrogen (secondary N) is 1. The molecule has 1 aromatic rings. The molecule has 2 unspecified atom stereocenters. The van der Waals surface area contributed by atoms with Gasteiger partial charge >= 0.3 is 0 Å². The van der Waals surface area contributed by atoms with Gasteiger partial charge in [0, 0.05) is 5.92 Å². The Bertz CT molecular complexity index is 362. The van der Waals surface area contributed by atoms with E-state index in [1.165, 1.54) is 0 Å². The minimum Gasteiger partial charge on any atom is -0.349 e. The van der Waals surface area contributed by atoms with Crippen molar-refractivity contribution in [3.8, 4) is 0 Å². The summed E-state index contributed by atoms with van der Waals surface area (Å²) in [7, 11) is 0. The first-order valence-corrected chi connectivity index (χ1v) is 6.61. The molecular weight excluding hydrogens is 224 g/mol.